The Balaban J connectivity index is 2.78. The highest BCUT2D eigenvalue weighted by Crippen LogP contribution is 2.10. The van der Waals surface area contributed by atoms with Gasteiger partial charge >= 0.3 is 0 Å². The van der Waals surface area contributed by atoms with E-state index in [1.807, 2.05) is 6.08 Å². The fourth-order valence-corrected chi connectivity index (χ4v) is 1.41. The zero-order valence-corrected chi connectivity index (χ0v) is 9.28. The van der Waals surface area contributed by atoms with Gasteiger partial charge in [-0.1, -0.05) is 24.3 Å². The standard InChI is InChI=1S/C13H19NO/c1-15-13-7-5-3-2-4-6-12(8-9-13)10-11-14/h2,4,6-9H,3,5,10-11,14H2,1H3/b4-2-,9-8?,12-6-,13-7?. The van der Waals surface area contributed by atoms with Gasteiger partial charge in [0.1, 0.15) is 5.76 Å². The largest absolute Gasteiger partial charge is 0.497 e. The monoisotopic (exact) mass is 205 g/mol. The maximum absolute atomic E-state index is 5.54. The molecule has 15 heavy (non-hydrogen) atoms. The average molecular weight is 205 g/mol. The summed E-state index contributed by atoms with van der Waals surface area (Å²) in [6.07, 6.45) is 15.5. The Hall–Kier alpha value is -1.28. The molecule has 2 nitrogen and oxygen atoms in total. The van der Waals surface area contributed by atoms with Crippen molar-refractivity contribution in [1.82, 2.24) is 0 Å². The van der Waals surface area contributed by atoms with Crippen molar-refractivity contribution in [3.05, 3.63) is 47.8 Å². The number of hydrogen-bond donors (Lipinski definition) is 1. The molecule has 1 aliphatic carbocycles. The Morgan fingerprint density at radius 2 is 2.20 bits per heavy atom. The molecular weight excluding hydrogens is 186 g/mol. The molecule has 0 aromatic rings. The average Bonchev–Trinajstić information content (AvgIpc) is 2.27. The first-order valence-corrected chi connectivity index (χ1v) is 5.35. The maximum atomic E-state index is 5.54. The topological polar surface area (TPSA) is 35.2 Å². The fourth-order valence-electron chi connectivity index (χ4n) is 1.41. The first kappa shape index (κ1) is 11.8. The predicted molar refractivity (Wildman–Crippen MR) is 64.4 cm³/mol. The van der Waals surface area contributed by atoms with Crippen LogP contribution in [-0.2, 0) is 4.74 Å². The summed E-state index contributed by atoms with van der Waals surface area (Å²) in [6, 6.07) is 0. The fraction of sp³-hybridized carbons (Fsp3) is 0.385. The van der Waals surface area contributed by atoms with Gasteiger partial charge in [-0.05, 0) is 43.5 Å². The highest BCUT2D eigenvalue weighted by atomic mass is 16.5. The second-order valence-electron chi connectivity index (χ2n) is 3.43. The van der Waals surface area contributed by atoms with Crippen molar-refractivity contribution in [2.45, 2.75) is 19.3 Å². The minimum atomic E-state index is 0.677. The van der Waals surface area contributed by atoms with Crippen LogP contribution in [0.5, 0.6) is 0 Å². The molecule has 0 atom stereocenters. The highest BCUT2D eigenvalue weighted by Gasteiger charge is 1.94. The van der Waals surface area contributed by atoms with Gasteiger partial charge in [0.2, 0.25) is 0 Å². The molecule has 0 spiro atoms. The molecule has 0 heterocycles. The molecule has 2 heteroatoms. The Kier molecular flexibility index (Phi) is 5.56. The zero-order valence-electron chi connectivity index (χ0n) is 9.28. The highest BCUT2D eigenvalue weighted by molar-refractivity contribution is 5.29. The van der Waals surface area contributed by atoms with E-state index in [1.165, 1.54) is 5.57 Å². The predicted octanol–water partition coefficient (Wildman–Crippen LogP) is 2.70. The summed E-state index contributed by atoms with van der Waals surface area (Å²) in [6.45, 7) is 0.677. The summed E-state index contributed by atoms with van der Waals surface area (Å²) in [5.41, 5.74) is 6.78. The molecule has 82 valence electrons. The van der Waals surface area contributed by atoms with Crippen LogP contribution < -0.4 is 5.73 Å². The van der Waals surface area contributed by atoms with E-state index < -0.39 is 0 Å². The van der Waals surface area contributed by atoms with Crippen LogP contribution in [0.3, 0.4) is 0 Å². The zero-order chi connectivity index (χ0) is 10.9. The van der Waals surface area contributed by atoms with E-state index in [9.17, 15) is 0 Å². The van der Waals surface area contributed by atoms with Crippen LogP contribution in [0.25, 0.3) is 0 Å². The second-order valence-corrected chi connectivity index (χ2v) is 3.43. The van der Waals surface area contributed by atoms with E-state index in [0.717, 1.165) is 25.0 Å². The first-order chi connectivity index (χ1) is 7.36. The molecule has 0 aliphatic heterocycles. The Bertz CT molecular complexity index is 298. The maximum Gasteiger partial charge on any atom is 0.114 e. The molecule has 1 rings (SSSR count). The van der Waals surface area contributed by atoms with Gasteiger partial charge < -0.3 is 10.5 Å². The van der Waals surface area contributed by atoms with Crippen molar-refractivity contribution in [3.63, 3.8) is 0 Å². The molecule has 0 unspecified atom stereocenters. The third-order valence-corrected chi connectivity index (χ3v) is 2.26. The van der Waals surface area contributed by atoms with Crippen molar-refractivity contribution in [1.29, 1.82) is 0 Å². The lowest BCUT2D eigenvalue weighted by molar-refractivity contribution is 0.305. The normalized spacial score (nSPS) is 22.5. The Labute approximate surface area is 91.8 Å². The molecule has 2 N–H and O–H groups in total. The molecule has 0 aromatic heterocycles. The van der Waals surface area contributed by atoms with Crippen LogP contribution in [0.4, 0.5) is 0 Å². The lowest BCUT2D eigenvalue weighted by atomic mass is 10.1. The van der Waals surface area contributed by atoms with Gasteiger partial charge in [-0.3, -0.25) is 0 Å². The van der Waals surface area contributed by atoms with Crippen LogP contribution in [0.1, 0.15) is 19.3 Å². The molecule has 0 aromatic carbocycles. The van der Waals surface area contributed by atoms with E-state index in [0.29, 0.717) is 6.54 Å². The molecule has 0 fully saturated rings. The number of allylic oxidation sites excluding steroid dienone is 6. The third-order valence-electron chi connectivity index (χ3n) is 2.26. The van der Waals surface area contributed by atoms with Crippen LogP contribution in [0, 0.1) is 0 Å². The minimum absolute atomic E-state index is 0.677. The van der Waals surface area contributed by atoms with Gasteiger partial charge in [-0.2, -0.15) is 0 Å². The number of ether oxygens (including phenoxy) is 1. The molecule has 1 aliphatic rings. The number of hydrogen-bond acceptors (Lipinski definition) is 2. The summed E-state index contributed by atoms with van der Waals surface area (Å²) >= 11 is 0. The Morgan fingerprint density at radius 3 is 2.93 bits per heavy atom. The van der Waals surface area contributed by atoms with Crippen LogP contribution in [0.2, 0.25) is 0 Å². The lowest BCUT2D eigenvalue weighted by Crippen LogP contribution is -1.99. The van der Waals surface area contributed by atoms with Crippen molar-refractivity contribution >= 4 is 0 Å². The Morgan fingerprint density at radius 1 is 1.33 bits per heavy atom. The molecule has 0 saturated heterocycles. The summed E-state index contributed by atoms with van der Waals surface area (Å²) in [7, 11) is 1.70. The van der Waals surface area contributed by atoms with Gasteiger partial charge in [0.05, 0.1) is 7.11 Å². The van der Waals surface area contributed by atoms with Gasteiger partial charge in [0.15, 0.2) is 0 Å². The summed E-state index contributed by atoms with van der Waals surface area (Å²) < 4.78 is 5.24. The van der Waals surface area contributed by atoms with Gasteiger partial charge in [-0.15, -0.1) is 0 Å². The van der Waals surface area contributed by atoms with Crippen molar-refractivity contribution < 1.29 is 4.74 Å². The summed E-state index contributed by atoms with van der Waals surface area (Å²) in [5, 5.41) is 0. The van der Waals surface area contributed by atoms with E-state index >= 15 is 0 Å². The van der Waals surface area contributed by atoms with E-state index in [4.69, 9.17) is 10.5 Å². The van der Waals surface area contributed by atoms with Crippen LogP contribution in [0.15, 0.2) is 47.8 Å². The smallest absolute Gasteiger partial charge is 0.114 e. The first-order valence-electron chi connectivity index (χ1n) is 5.35. The number of nitrogens with two attached hydrogens (primary N) is 1. The SMILES string of the molecule is COC1=CCC/C=C\C=C(/CCN)C=C1. The molecule has 0 amide bonds. The molecule has 0 bridgehead atoms. The van der Waals surface area contributed by atoms with Crippen molar-refractivity contribution in [3.8, 4) is 0 Å². The van der Waals surface area contributed by atoms with Crippen LogP contribution in [-0.4, -0.2) is 13.7 Å². The van der Waals surface area contributed by atoms with Crippen molar-refractivity contribution in [2.75, 3.05) is 13.7 Å². The lowest BCUT2D eigenvalue weighted by Gasteiger charge is -2.03. The van der Waals surface area contributed by atoms with Gasteiger partial charge in [0, 0.05) is 0 Å². The van der Waals surface area contributed by atoms with Gasteiger partial charge in [0.25, 0.3) is 0 Å². The molecular formula is C13H19NO. The quantitative estimate of drug-likeness (QED) is 0.768. The third kappa shape index (κ3) is 4.66. The second kappa shape index (κ2) is 7.07. The van der Waals surface area contributed by atoms with E-state index in [-0.39, 0.29) is 0 Å². The molecule has 0 saturated carbocycles. The van der Waals surface area contributed by atoms with Crippen molar-refractivity contribution in [2.24, 2.45) is 5.73 Å². The number of methoxy groups -OCH3 is 1. The van der Waals surface area contributed by atoms with Crippen LogP contribution >= 0.6 is 0 Å². The number of rotatable bonds is 3. The van der Waals surface area contributed by atoms with E-state index in [2.05, 4.69) is 30.4 Å². The summed E-state index contributed by atoms with van der Waals surface area (Å²) in [4.78, 5) is 0. The van der Waals surface area contributed by atoms with E-state index in [1.54, 1.807) is 7.11 Å². The van der Waals surface area contributed by atoms with Gasteiger partial charge in [-0.25, -0.2) is 0 Å². The minimum Gasteiger partial charge on any atom is -0.497 e. The molecule has 0 radical (unpaired) electrons. The summed E-state index contributed by atoms with van der Waals surface area (Å²) in [5.74, 6) is 0.924.